The maximum absolute atomic E-state index is 11.8. The molecule has 0 spiro atoms. The zero-order chi connectivity index (χ0) is 15.5. The van der Waals surface area contributed by atoms with Crippen molar-refractivity contribution in [3.8, 4) is 0 Å². The lowest BCUT2D eigenvalue weighted by Gasteiger charge is -2.01. The third kappa shape index (κ3) is 4.35. The van der Waals surface area contributed by atoms with Crippen LogP contribution < -0.4 is 4.72 Å². The first kappa shape index (κ1) is 15.6. The van der Waals surface area contributed by atoms with Gasteiger partial charge >= 0.3 is 0 Å². The number of aromatic amines is 1. The summed E-state index contributed by atoms with van der Waals surface area (Å²) in [6.45, 7) is 0. The largest absolute Gasteiger partial charge is 0.340 e. The monoisotopic (exact) mass is 344 g/mol. The molecule has 0 bridgehead atoms. The third-order valence-electron chi connectivity index (χ3n) is 2.44. The van der Waals surface area contributed by atoms with Gasteiger partial charge in [0, 0.05) is 0 Å². The van der Waals surface area contributed by atoms with E-state index in [9.17, 15) is 13.2 Å². The van der Waals surface area contributed by atoms with Crippen LogP contribution in [0.5, 0.6) is 0 Å². The average Bonchev–Trinajstić information content (AvgIpc) is 2.78. The molecule has 110 valence electrons. The van der Waals surface area contributed by atoms with Gasteiger partial charge in [-0.1, -0.05) is 53.5 Å². The van der Waals surface area contributed by atoms with Crippen LogP contribution in [0.25, 0.3) is 6.08 Å². The molecule has 1 heterocycles. The highest BCUT2D eigenvalue weighted by atomic mass is 35.5. The number of H-pyrrole nitrogens is 1. The third-order valence-corrected chi connectivity index (χ3v) is 4.10. The molecule has 21 heavy (non-hydrogen) atoms. The fourth-order valence-electron chi connectivity index (χ4n) is 1.48. The lowest BCUT2D eigenvalue weighted by molar-refractivity contribution is 0.0977. The van der Waals surface area contributed by atoms with E-state index in [0.29, 0.717) is 5.56 Å². The molecule has 0 atom stereocenters. The molecular formula is C13H10Cl2N2O3S. The number of hydrogen-bond donors (Lipinski definition) is 2. The summed E-state index contributed by atoms with van der Waals surface area (Å²) in [5.41, 5.74) is 0.656. The van der Waals surface area contributed by atoms with Gasteiger partial charge in [-0.2, -0.15) is 0 Å². The first-order valence-corrected chi connectivity index (χ1v) is 8.02. The predicted molar refractivity (Wildman–Crippen MR) is 82.7 cm³/mol. The molecule has 1 aromatic carbocycles. The highest BCUT2D eigenvalue weighted by molar-refractivity contribution is 7.93. The minimum absolute atomic E-state index is 0.0401. The normalized spacial score (nSPS) is 11.7. The number of halogens is 2. The molecule has 1 amide bonds. The van der Waals surface area contributed by atoms with E-state index in [-0.39, 0.29) is 15.9 Å². The van der Waals surface area contributed by atoms with Crippen molar-refractivity contribution < 1.29 is 13.2 Å². The van der Waals surface area contributed by atoms with Crippen molar-refractivity contribution in [2.24, 2.45) is 0 Å². The fourth-order valence-corrected chi connectivity index (χ4v) is 2.56. The van der Waals surface area contributed by atoms with E-state index >= 15 is 0 Å². The molecular weight excluding hydrogens is 335 g/mol. The zero-order valence-electron chi connectivity index (χ0n) is 10.5. The van der Waals surface area contributed by atoms with E-state index in [4.69, 9.17) is 23.2 Å². The number of amides is 1. The number of nitrogens with one attached hydrogen (secondary N) is 2. The van der Waals surface area contributed by atoms with Crippen LogP contribution in [0.4, 0.5) is 0 Å². The van der Waals surface area contributed by atoms with E-state index in [2.05, 4.69) is 4.98 Å². The van der Waals surface area contributed by atoms with Crippen molar-refractivity contribution in [2.75, 3.05) is 0 Å². The van der Waals surface area contributed by atoms with Crippen molar-refractivity contribution in [1.82, 2.24) is 9.71 Å². The fraction of sp³-hybridized carbons (Fsp3) is 0. The molecule has 0 saturated heterocycles. The minimum atomic E-state index is -3.92. The smallest absolute Gasteiger partial charge is 0.281 e. The van der Waals surface area contributed by atoms with Crippen LogP contribution in [0.1, 0.15) is 16.1 Å². The lowest BCUT2D eigenvalue weighted by atomic mass is 10.2. The van der Waals surface area contributed by atoms with Crippen molar-refractivity contribution in [1.29, 1.82) is 0 Å². The van der Waals surface area contributed by atoms with Crippen LogP contribution in [-0.4, -0.2) is 19.3 Å². The topological polar surface area (TPSA) is 79.0 Å². The van der Waals surface area contributed by atoms with Gasteiger partial charge in [-0.3, -0.25) is 4.79 Å². The Morgan fingerprint density at radius 2 is 1.86 bits per heavy atom. The Balaban J connectivity index is 2.10. The van der Waals surface area contributed by atoms with E-state index in [1.807, 2.05) is 10.8 Å². The second kappa shape index (κ2) is 6.34. The Kier molecular flexibility index (Phi) is 4.72. The van der Waals surface area contributed by atoms with Gasteiger partial charge in [0.1, 0.15) is 10.8 Å². The van der Waals surface area contributed by atoms with Crippen LogP contribution in [0, 0.1) is 0 Å². The number of carbonyl (C=O) groups is 1. The van der Waals surface area contributed by atoms with E-state index in [1.54, 1.807) is 24.3 Å². The molecule has 0 aliphatic rings. The number of carbonyl (C=O) groups excluding carboxylic acids is 1. The molecule has 0 unspecified atom stereocenters. The number of aromatic nitrogens is 1. The molecule has 0 radical (unpaired) electrons. The minimum Gasteiger partial charge on any atom is -0.340 e. The van der Waals surface area contributed by atoms with E-state index in [1.165, 1.54) is 12.1 Å². The Morgan fingerprint density at radius 1 is 1.19 bits per heavy atom. The van der Waals surface area contributed by atoms with Crippen LogP contribution >= 0.6 is 23.2 Å². The van der Waals surface area contributed by atoms with Gasteiger partial charge in [0.05, 0.1) is 10.4 Å². The number of sulfonamides is 1. The molecule has 8 heteroatoms. The van der Waals surface area contributed by atoms with Crippen LogP contribution in [0.15, 0.2) is 41.8 Å². The molecule has 0 aliphatic heterocycles. The highest BCUT2D eigenvalue weighted by Crippen LogP contribution is 2.21. The molecule has 2 N–H and O–H groups in total. The second-order valence-electron chi connectivity index (χ2n) is 4.03. The first-order chi connectivity index (χ1) is 9.87. The SMILES string of the molecule is O=C(NS(=O)(=O)/C=C/c1ccccc1)c1cc(Cl)c(Cl)[nH]1. The summed E-state index contributed by atoms with van der Waals surface area (Å²) in [6, 6.07) is 10.1. The number of rotatable bonds is 4. The van der Waals surface area contributed by atoms with Gasteiger partial charge in [0.25, 0.3) is 15.9 Å². The van der Waals surface area contributed by atoms with E-state index < -0.39 is 15.9 Å². The zero-order valence-corrected chi connectivity index (χ0v) is 12.8. The molecule has 0 fully saturated rings. The predicted octanol–water partition coefficient (Wildman–Crippen LogP) is 3.05. The van der Waals surface area contributed by atoms with Crippen molar-refractivity contribution in [2.45, 2.75) is 0 Å². The Hall–Kier alpha value is -1.76. The maximum Gasteiger partial charge on any atom is 0.281 e. The van der Waals surface area contributed by atoms with Crippen molar-refractivity contribution in [3.63, 3.8) is 0 Å². The second-order valence-corrected chi connectivity index (χ2v) is 6.39. The maximum atomic E-state index is 11.8. The van der Waals surface area contributed by atoms with Gasteiger partial charge in [0.2, 0.25) is 0 Å². The highest BCUT2D eigenvalue weighted by Gasteiger charge is 2.16. The van der Waals surface area contributed by atoms with Gasteiger partial charge in [-0.25, -0.2) is 13.1 Å². The van der Waals surface area contributed by atoms with Crippen molar-refractivity contribution >= 4 is 45.2 Å². The number of hydrogen-bond acceptors (Lipinski definition) is 3. The van der Waals surface area contributed by atoms with Gasteiger partial charge in [-0.15, -0.1) is 0 Å². The van der Waals surface area contributed by atoms with Crippen LogP contribution in [0.2, 0.25) is 10.2 Å². The number of benzene rings is 1. The summed E-state index contributed by atoms with van der Waals surface area (Å²) in [5, 5.41) is 1.12. The first-order valence-electron chi connectivity index (χ1n) is 5.72. The summed E-state index contributed by atoms with van der Waals surface area (Å²) in [6.07, 6.45) is 1.38. The van der Waals surface area contributed by atoms with Gasteiger partial charge < -0.3 is 4.98 Å². The Bertz CT molecular complexity index is 764. The molecule has 2 rings (SSSR count). The van der Waals surface area contributed by atoms with Gasteiger partial charge in [0.15, 0.2) is 0 Å². The summed E-state index contributed by atoms with van der Waals surface area (Å²) in [5.74, 6) is -0.846. The summed E-state index contributed by atoms with van der Waals surface area (Å²) >= 11 is 11.3. The standard InChI is InChI=1S/C13H10Cl2N2O3S/c14-10-8-11(16-12(10)15)13(18)17-21(19,20)7-6-9-4-2-1-3-5-9/h1-8,16H,(H,17,18)/b7-6+. The average molecular weight is 345 g/mol. The summed E-state index contributed by atoms with van der Waals surface area (Å²) < 4.78 is 25.4. The molecule has 0 saturated carbocycles. The van der Waals surface area contributed by atoms with Crippen molar-refractivity contribution in [3.05, 3.63) is 63.2 Å². The molecule has 2 aromatic rings. The molecule has 0 aliphatic carbocycles. The Morgan fingerprint density at radius 3 is 2.43 bits per heavy atom. The molecule has 1 aromatic heterocycles. The van der Waals surface area contributed by atoms with E-state index in [0.717, 1.165) is 5.41 Å². The Labute approximate surface area is 131 Å². The molecule has 5 nitrogen and oxygen atoms in total. The summed E-state index contributed by atoms with van der Waals surface area (Å²) in [4.78, 5) is 14.2. The van der Waals surface area contributed by atoms with Crippen LogP contribution in [0.3, 0.4) is 0 Å². The van der Waals surface area contributed by atoms with Crippen LogP contribution in [-0.2, 0) is 10.0 Å². The quantitative estimate of drug-likeness (QED) is 0.894. The summed E-state index contributed by atoms with van der Waals surface area (Å²) in [7, 11) is -3.92. The van der Waals surface area contributed by atoms with Gasteiger partial charge in [-0.05, 0) is 17.7 Å². The lowest BCUT2D eigenvalue weighted by Crippen LogP contribution is -2.29.